The Hall–Kier alpha value is -1.67. The van der Waals surface area contributed by atoms with Gasteiger partial charge in [0.05, 0.1) is 0 Å². The van der Waals surface area contributed by atoms with Crippen molar-refractivity contribution in [1.82, 2.24) is 10.3 Å². The number of nitrogens with zero attached hydrogens (tertiary/aromatic N) is 1. The van der Waals surface area contributed by atoms with Crippen LogP contribution in [0.15, 0.2) is 48.8 Å². The zero-order valence-electron chi connectivity index (χ0n) is 12.2. The van der Waals surface area contributed by atoms with E-state index in [4.69, 9.17) is 0 Å². The molecular weight excluding hydrogens is 244 g/mol. The van der Waals surface area contributed by atoms with Gasteiger partial charge < -0.3 is 5.32 Å². The Morgan fingerprint density at radius 3 is 2.75 bits per heavy atom. The fourth-order valence-electron chi connectivity index (χ4n) is 3.03. The summed E-state index contributed by atoms with van der Waals surface area (Å²) in [7, 11) is 0. The Bertz CT molecular complexity index is 559. The molecule has 2 nitrogen and oxygen atoms in total. The molecule has 20 heavy (non-hydrogen) atoms. The molecule has 0 aliphatic heterocycles. The maximum atomic E-state index is 4.19. The molecule has 0 saturated heterocycles. The van der Waals surface area contributed by atoms with Crippen molar-refractivity contribution < 1.29 is 0 Å². The summed E-state index contributed by atoms with van der Waals surface area (Å²) in [5, 5.41) is 3.71. The number of nitrogens with one attached hydrogen (secondary N) is 1. The molecule has 3 rings (SSSR count). The summed E-state index contributed by atoms with van der Waals surface area (Å²) in [4.78, 5) is 4.19. The van der Waals surface area contributed by atoms with E-state index < -0.39 is 0 Å². The van der Waals surface area contributed by atoms with E-state index in [0.29, 0.717) is 12.1 Å². The Balaban J connectivity index is 1.54. The van der Waals surface area contributed by atoms with Crippen LogP contribution in [0.5, 0.6) is 0 Å². The lowest BCUT2D eigenvalue weighted by atomic mass is 9.75. The van der Waals surface area contributed by atoms with Gasteiger partial charge in [-0.15, -0.1) is 0 Å². The standard InChI is InChI=1S/C18H22N2/c1-13-5-3-6-15(9-13)17-10-18(11-17)20-14(2)16-7-4-8-19-12-16/h3-9,12,14,17-18,20H,10-11H2,1-2H3/t14-,17?,18?/m0/s1. The molecule has 1 aliphatic rings. The van der Waals surface area contributed by atoms with Crippen molar-refractivity contribution in [3.63, 3.8) is 0 Å². The molecule has 0 bridgehead atoms. The molecule has 1 aromatic carbocycles. The fraction of sp³-hybridized carbons (Fsp3) is 0.389. The molecule has 0 radical (unpaired) electrons. The van der Waals surface area contributed by atoms with Crippen molar-refractivity contribution in [2.75, 3.05) is 0 Å². The molecule has 1 N–H and O–H groups in total. The average Bonchev–Trinajstić information content (AvgIpc) is 2.43. The third kappa shape index (κ3) is 2.91. The second-order valence-electron chi connectivity index (χ2n) is 5.95. The summed E-state index contributed by atoms with van der Waals surface area (Å²) < 4.78 is 0. The van der Waals surface area contributed by atoms with Crippen LogP contribution in [0.3, 0.4) is 0 Å². The van der Waals surface area contributed by atoms with Gasteiger partial charge in [-0.3, -0.25) is 4.98 Å². The van der Waals surface area contributed by atoms with Gasteiger partial charge in [0, 0.05) is 24.5 Å². The highest BCUT2D eigenvalue weighted by Crippen LogP contribution is 2.38. The highest BCUT2D eigenvalue weighted by Gasteiger charge is 2.31. The number of pyridine rings is 1. The van der Waals surface area contributed by atoms with Gasteiger partial charge in [-0.1, -0.05) is 35.9 Å². The fourth-order valence-corrected chi connectivity index (χ4v) is 3.03. The second kappa shape index (κ2) is 5.76. The van der Waals surface area contributed by atoms with Gasteiger partial charge >= 0.3 is 0 Å². The third-order valence-corrected chi connectivity index (χ3v) is 4.32. The SMILES string of the molecule is Cc1cccc(C2CC(N[C@@H](C)c3cccnc3)C2)c1. The molecule has 0 spiro atoms. The van der Waals surface area contributed by atoms with Crippen LogP contribution in [-0.2, 0) is 0 Å². The number of hydrogen-bond donors (Lipinski definition) is 1. The van der Waals surface area contributed by atoms with E-state index in [1.54, 1.807) is 0 Å². The zero-order valence-corrected chi connectivity index (χ0v) is 12.2. The number of aromatic nitrogens is 1. The van der Waals surface area contributed by atoms with E-state index in [-0.39, 0.29) is 0 Å². The zero-order chi connectivity index (χ0) is 13.9. The maximum Gasteiger partial charge on any atom is 0.0315 e. The van der Waals surface area contributed by atoms with Gasteiger partial charge in [0.1, 0.15) is 0 Å². The average molecular weight is 266 g/mol. The predicted molar refractivity (Wildman–Crippen MR) is 82.7 cm³/mol. The molecule has 1 saturated carbocycles. The summed E-state index contributed by atoms with van der Waals surface area (Å²) in [6.07, 6.45) is 6.27. The van der Waals surface area contributed by atoms with Gasteiger partial charge in [0.15, 0.2) is 0 Å². The lowest BCUT2D eigenvalue weighted by molar-refractivity contribution is 0.270. The van der Waals surface area contributed by atoms with Crippen LogP contribution in [0.25, 0.3) is 0 Å². The molecule has 0 unspecified atom stereocenters. The molecule has 1 aliphatic carbocycles. The first-order valence-corrected chi connectivity index (χ1v) is 7.45. The largest absolute Gasteiger partial charge is 0.307 e. The third-order valence-electron chi connectivity index (χ3n) is 4.32. The van der Waals surface area contributed by atoms with Crippen molar-refractivity contribution in [3.8, 4) is 0 Å². The summed E-state index contributed by atoms with van der Waals surface area (Å²) in [5.74, 6) is 0.730. The Morgan fingerprint density at radius 2 is 2.05 bits per heavy atom. The van der Waals surface area contributed by atoms with Gasteiger partial charge in [-0.2, -0.15) is 0 Å². The second-order valence-corrected chi connectivity index (χ2v) is 5.95. The quantitative estimate of drug-likeness (QED) is 0.905. The minimum atomic E-state index is 0.382. The van der Waals surface area contributed by atoms with Crippen LogP contribution in [0.2, 0.25) is 0 Å². The van der Waals surface area contributed by atoms with Crippen molar-refractivity contribution >= 4 is 0 Å². The molecule has 1 atom stereocenters. The lowest BCUT2D eigenvalue weighted by Crippen LogP contribution is -2.41. The van der Waals surface area contributed by atoms with Crippen molar-refractivity contribution in [3.05, 3.63) is 65.5 Å². The van der Waals surface area contributed by atoms with Crippen LogP contribution < -0.4 is 5.32 Å². The van der Waals surface area contributed by atoms with Crippen LogP contribution >= 0.6 is 0 Å². The molecular formula is C18H22N2. The normalized spacial score (nSPS) is 23.1. The first-order chi connectivity index (χ1) is 9.72. The van der Waals surface area contributed by atoms with Gasteiger partial charge in [-0.05, 0) is 49.8 Å². The highest BCUT2D eigenvalue weighted by atomic mass is 15.0. The van der Waals surface area contributed by atoms with Gasteiger partial charge in [0.25, 0.3) is 0 Å². The summed E-state index contributed by atoms with van der Waals surface area (Å²) in [5.41, 5.74) is 4.13. The number of benzene rings is 1. The van der Waals surface area contributed by atoms with Crippen molar-refractivity contribution in [2.45, 2.75) is 44.7 Å². The minimum Gasteiger partial charge on any atom is -0.307 e. The first-order valence-electron chi connectivity index (χ1n) is 7.45. The molecule has 1 fully saturated rings. The number of aryl methyl sites for hydroxylation is 1. The number of hydrogen-bond acceptors (Lipinski definition) is 2. The maximum absolute atomic E-state index is 4.19. The van der Waals surface area contributed by atoms with Crippen molar-refractivity contribution in [1.29, 1.82) is 0 Å². The Morgan fingerprint density at radius 1 is 1.20 bits per heavy atom. The molecule has 1 heterocycles. The predicted octanol–water partition coefficient (Wildman–Crippen LogP) is 3.99. The van der Waals surface area contributed by atoms with E-state index in [1.165, 1.54) is 29.5 Å². The Kier molecular flexibility index (Phi) is 3.83. The van der Waals surface area contributed by atoms with Crippen LogP contribution in [0.1, 0.15) is 48.4 Å². The Labute approximate surface area is 121 Å². The van der Waals surface area contributed by atoms with Crippen LogP contribution in [0.4, 0.5) is 0 Å². The molecule has 104 valence electrons. The van der Waals surface area contributed by atoms with E-state index in [9.17, 15) is 0 Å². The summed E-state index contributed by atoms with van der Waals surface area (Å²) in [6.45, 7) is 4.39. The molecule has 0 amide bonds. The topological polar surface area (TPSA) is 24.9 Å². The first kappa shape index (κ1) is 13.3. The monoisotopic (exact) mass is 266 g/mol. The van der Waals surface area contributed by atoms with E-state index in [2.05, 4.69) is 54.5 Å². The van der Waals surface area contributed by atoms with Crippen LogP contribution in [0, 0.1) is 6.92 Å². The minimum absolute atomic E-state index is 0.382. The molecule has 2 heteroatoms. The van der Waals surface area contributed by atoms with E-state index in [1.807, 2.05) is 18.5 Å². The van der Waals surface area contributed by atoms with Crippen molar-refractivity contribution in [2.24, 2.45) is 0 Å². The molecule has 2 aromatic rings. The van der Waals surface area contributed by atoms with E-state index >= 15 is 0 Å². The molecule has 1 aromatic heterocycles. The lowest BCUT2D eigenvalue weighted by Gasteiger charge is -2.38. The van der Waals surface area contributed by atoms with E-state index in [0.717, 1.165) is 5.92 Å². The number of rotatable bonds is 4. The van der Waals surface area contributed by atoms with Gasteiger partial charge in [0.2, 0.25) is 0 Å². The summed E-state index contributed by atoms with van der Waals surface area (Å²) in [6, 6.07) is 14.1. The van der Waals surface area contributed by atoms with Crippen LogP contribution in [-0.4, -0.2) is 11.0 Å². The highest BCUT2D eigenvalue weighted by molar-refractivity contribution is 5.28. The smallest absolute Gasteiger partial charge is 0.0315 e. The van der Waals surface area contributed by atoms with Gasteiger partial charge in [-0.25, -0.2) is 0 Å². The summed E-state index contributed by atoms with van der Waals surface area (Å²) >= 11 is 0.